The molecule has 0 atom stereocenters. The molecule has 0 radical (unpaired) electrons. The lowest BCUT2D eigenvalue weighted by Gasteiger charge is -2.33. The van der Waals surface area contributed by atoms with Crippen LogP contribution >= 0.6 is 0 Å². The number of carbonyl (C=O) groups is 1. The Kier molecular flexibility index (Phi) is 5.07. The Bertz CT molecular complexity index is 496. The predicted molar refractivity (Wildman–Crippen MR) is 82.5 cm³/mol. The first kappa shape index (κ1) is 15.6. The first-order valence-corrected chi connectivity index (χ1v) is 7.42. The first-order valence-electron chi connectivity index (χ1n) is 7.42. The molecule has 1 saturated heterocycles. The van der Waals surface area contributed by atoms with E-state index in [2.05, 4.69) is 12.2 Å². The van der Waals surface area contributed by atoms with Crippen LogP contribution in [0.4, 0.5) is 5.69 Å². The van der Waals surface area contributed by atoms with E-state index in [0.717, 1.165) is 26.1 Å². The van der Waals surface area contributed by atoms with Crippen LogP contribution in [0.15, 0.2) is 18.2 Å². The average molecular weight is 292 g/mol. The lowest BCUT2D eigenvalue weighted by Crippen LogP contribution is -2.39. The minimum Gasteiger partial charge on any atom is -0.494 e. The van der Waals surface area contributed by atoms with Gasteiger partial charge in [-0.2, -0.15) is 0 Å². The molecule has 1 fully saturated rings. The van der Waals surface area contributed by atoms with E-state index < -0.39 is 0 Å². The summed E-state index contributed by atoms with van der Waals surface area (Å²) in [6.07, 6.45) is 1.93. The summed E-state index contributed by atoms with van der Waals surface area (Å²) in [5, 5.41) is 3.00. The van der Waals surface area contributed by atoms with Crippen LogP contribution in [0.25, 0.3) is 0 Å². The summed E-state index contributed by atoms with van der Waals surface area (Å²) in [5.74, 6) is 0.510. The van der Waals surface area contributed by atoms with Crippen LogP contribution in [0.5, 0.6) is 5.75 Å². The highest BCUT2D eigenvalue weighted by Crippen LogP contribution is 2.28. The molecule has 1 aromatic rings. The number of benzene rings is 1. The maximum absolute atomic E-state index is 12.3. The molecule has 1 amide bonds. The monoisotopic (exact) mass is 292 g/mol. The van der Waals surface area contributed by atoms with Gasteiger partial charge in [-0.3, -0.25) is 4.79 Å². The zero-order valence-corrected chi connectivity index (χ0v) is 12.8. The summed E-state index contributed by atoms with van der Waals surface area (Å²) >= 11 is 0. The third-order valence-electron chi connectivity index (χ3n) is 3.88. The molecule has 1 aliphatic rings. The Morgan fingerprint density at radius 3 is 2.76 bits per heavy atom. The Morgan fingerprint density at radius 1 is 1.38 bits per heavy atom. The highest BCUT2D eigenvalue weighted by Gasteiger charge is 2.27. The van der Waals surface area contributed by atoms with Gasteiger partial charge in [0.15, 0.2) is 0 Å². The molecule has 1 aromatic carbocycles. The number of amides is 1. The molecule has 0 unspecified atom stereocenters. The van der Waals surface area contributed by atoms with E-state index in [-0.39, 0.29) is 11.3 Å². The molecular weight excluding hydrogens is 268 g/mol. The maximum Gasteiger partial charge on any atom is 0.251 e. The number of nitrogens with one attached hydrogen (secondary N) is 1. The van der Waals surface area contributed by atoms with Crippen molar-refractivity contribution in [3.63, 3.8) is 0 Å². The van der Waals surface area contributed by atoms with E-state index in [4.69, 9.17) is 15.2 Å². The van der Waals surface area contributed by atoms with E-state index in [1.807, 2.05) is 6.92 Å². The van der Waals surface area contributed by atoms with Crippen molar-refractivity contribution in [2.24, 2.45) is 5.41 Å². The Morgan fingerprint density at radius 2 is 2.10 bits per heavy atom. The zero-order chi connectivity index (χ0) is 15.3. The third-order valence-corrected chi connectivity index (χ3v) is 3.88. The molecule has 2 rings (SSSR count). The average Bonchev–Trinajstić information content (AvgIpc) is 2.45. The van der Waals surface area contributed by atoms with Gasteiger partial charge in [-0.15, -0.1) is 0 Å². The van der Waals surface area contributed by atoms with Gasteiger partial charge < -0.3 is 20.5 Å². The summed E-state index contributed by atoms with van der Waals surface area (Å²) in [6.45, 7) is 6.80. The number of rotatable bonds is 5. The van der Waals surface area contributed by atoms with Gasteiger partial charge in [0.1, 0.15) is 5.75 Å². The summed E-state index contributed by atoms with van der Waals surface area (Å²) < 4.78 is 10.8. The number of carbonyl (C=O) groups excluding carboxylic acids is 1. The van der Waals surface area contributed by atoms with Crippen molar-refractivity contribution in [3.8, 4) is 5.75 Å². The van der Waals surface area contributed by atoms with Gasteiger partial charge in [-0.05, 0) is 37.3 Å². The van der Waals surface area contributed by atoms with Crippen LogP contribution in [0.2, 0.25) is 0 Å². The highest BCUT2D eigenvalue weighted by molar-refractivity contribution is 5.95. The fourth-order valence-corrected chi connectivity index (χ4v) is 2.44. The van der Waals surface area contributed by atoms with E-state index in [0.29, 0.717) is 30.2 Å². The lowest BCUT2D eigenvalue weighted by molar-refractivity contribution is 0.0238. The maximum atomic E-state index is 12.3. The van der Waals surface area contributed by atoms with Crippen molar-refractivity contribution >= 4 is 11.6 Å². The molecule has 0 bridgehead atoms. The van der Waals surface area contributed by atoms with Crippen molar-refractivity contribution in [2.45, 2.75) is 26.7 Å². The van der Waals surface area contributed by atoms with Crippen LogP contribution in [0.1, 0.15) is 37.0 Å². The molecule has 116 valence electrons. The van der Waals surface area contributed by atoms with Gasteiger partial charge >= 0.3 is 0 Å². The van der Waals surface area contributed by atoms with Gasteiger partial charge in [0.2, 0.25) is 0 Å². The number of hydrogen-bond donors (Lipinski definition) is 2. The molecule has 0 aliphatic carbocycles. The van der Waals surface area contributed by atoms with Gasteiger partial charge in [-0.1, -0.05) is 6.92 Å². The van der Waals surface area contributed by atoms with E-state index in [1.54, 1.807) is 18.2 Å². The minimum absolute atomic E-state index is 0.108. The molecule has 5 heteroatoms. The highest BCUT2D eigenvalue weighted by atomic mass is 16.5. The SMILES string of the molecule is CCOc1cc(N)cc(C(=O)NCC2(C)CCOCC2)c1. The molecule has 0 aromatic heterocycles. The van der Waals surface area contributed by atoms with Gasteiger partial charge in [0.05, 0.1) is 6.61 Å². The molecular formula is C16H24N2O3. The quantitative estimate of drug-likeness (QED) is 0.816. The second-order valence-electron chi connectivity index (χ2n) is 5.83. The fourth-order valence-electron chi connectivity index (χ4n) is 2.44. The Hall–Kier alpha value is -1.75. The lowest BCUT2D eigenvalue weighted by atomic mass is 9.82. The molecule has 1 aliphatic heterocycles. The molecule has 21 heavy (non-hydrogen) atoms. The smallest absolute Gasteiger partial charge is 0.251 e. The number of nitrogen functional groups attached to an aromatic ring is 1. The van der Waals surface area contributed by atoms with Crippen molar-refractivity contribution in [2.75, 3.05) is 32.1 Å². The van der Waals surface area contributed by atoms with Crippen molar-refractivity contribution in [3.05, 3.63) is 23.8 Å². The standard InChI is InChI=1S/C16H24N2O3/c1-3-21-14-9-12(8-13(17)10-14)15(19)18-11-16(2)4-6-20-7-5-16/h8-10H,3-7,11,17H2,1-2H3,(H,18,19). The van der Waals surface area contributed by atoms with Crippen molar-refractivity contribution in [1.82, 2.24) is 5.32 Å². The molecule has 1 heterocycles. The third kappa shape index (κ3) is 4.36. The number of anilines is 1. The predicted octanol–water partition coefficient (Wildman–Crippen LogP) is 2.21. The second-order valence-corrected chi connectivity index (χ2v) is 5.83. The van der Waals surface area contributed by atoms with Crippen molar-refractivity contribution < 1.29 is 14.3 Å². The van der Waals surface area contributed by atoms with Crippen LogP contribution in [-0.4, -0.2) is 32.3 Å². The summed E-state index contributed by atoms with van der Waals surface area (Å²) in [4.78, 5) is 12.3. The number of ether oxygens (including phenoxy) is 2. The van der Waals surface area contributed by atoms with Crippen LogP contribution < -0.4 is 15.8 Å². The van der Waals surface area contributed by atoms with E-state index >= 15 is 0 Å². The van der Waals surface area contributed by atoms with E-state index in [9.17, 15) is 4.79 Å². The Balaban J connectivity index is 1.99. The van der Waals surface area contributed by atoms with Crippen LogP contribution in [0, 0.1) is 5.41 Å². The van der Waals surface area contributed by atoms with Gasteiger partial charge in [0.25, 0.3) is 5.91 Å². The minimum atomic E-state index is -0.115. The van der Waals surface area contributed by atoms with Gasteiger partial charge in [0, 0.05) is 37.1 Å². The molecule has 3 N–H and O–H groups in total. The normalized spacial score (nSPS) is 17.2. The summed E-state index contributed by atoms with van der Waals surface area (Å²) in [5.41, 5.74) is 6.99. The summed E-state index contributed by atoms with van der Waals surface area (Å²) in [7, 11) is 0. The van der Waals surface area contributed by atoms with Gasteiger partial charge in [-0.25, -0.2) is 0 Å². The van der Waals surface area contributed by atoms with Crippen LogP contribution in [0.3, 0.4) is 0 Å². The first-order chi connectivity index (χ1) is 10.0. The van der Waals surface area contributed by atoms with Crippen molar-refractivity contribution in [1.29, 1.82) is 0 Å². The second kappa shape index (κ2) is 6.80. The Labute approximate surface area is 125 Å². The molecule has 0 saturated carbocycles. The number of hydrogen-bond acceptors (Lipinski definition) is 4. The van der Waals surface area contributed by atoms with E-state index in [1.165, 1.54) is 0 Å². The molecule has 5 nitrogen and oxygen atoms in total. The topological polar surface area (TPSA) is 73.6 Å². The zero-order valence-electron chi connectivity index (χ0n) is 12.8. The molecule has 0 spiro atoms. The van der Waals surface area contributed by atoms with Crippen LogP contribution in [-0.2, 0) is 4.74 Å². The largest absolute Gasteiger partial charge is 0.494 e. The fraction of sp³-hybridized carbons (Fsp3) is 0.562. The summed E-state index contributed by atoms with van der Waals surface area (Å²) in [6, 6.07) is 5.12. The number of nitrogens with two attached hydrogens (primary N) is 1.